The van der Waals surface area contributed by atoms with Crippen molar-refractivity contribution >= 4 is 17.5 Å². The Morgan fingerprint density at radius 3 is 2.05 bits per heavy atom. The van der Waals surface area contributed by atoms with Crippen LogP contribution in [0.4, 0.5) is 13.2 Å². The van der Waals surface area contributed by atoms with Gasteiger partial charge >= 0.3 is 12.1 Å². The molecule has 1 rings (SSSR count). The highest BCUT2D eigenvalue weighted by atomic mass is 19.4. The van der Waals surface area contributed by atoms with Gasteiger partial charge in [0, 0.05) is 12.8 Å². The van der Waals surface area contributed by atoms with Crippen molar-refractivity contribution in [2.45, 2.75) is 45.4 Å². The molecule has 5 nitrogen and oxygen atoms in total. The Hall–Kier alpha value is -1.44. The number of rotatable bonds is 3. The van der Waals surface area contributed by atoms with Gasteiger partial charge in [0.15, 0.2) is 0 Å². The van der Waals surface area contributed by atoms with Gasteiger partial charge in [-0.3, -0.25) is 9.59 Å². The molecular formula is C13H17F3O5. The second-order valence-electron chi connectivity index (χ2n) is 5.87. The predicted molar refractivity (Wildman–Crippen MR) is 64.2 cm³/mol. The van der Waals surface area contributed by atoms with Crippen LogP contribution in [0, 0.1) is 11.3 Å². The van der Waals surface area contributed by atoms with Crippen LogP contribution >= 0.6 is 0 Å². The second-order valence-corrected chi connectivity index (χ2v) is 5.87. The number of carbonyl (C=O) groups is 3. The van der Waals surface area contributed by atoms with E-state index in [1.54, 1.807) is 13.8 Å². The van der Waals surface area contributed by atoms with Crippen LogP contribution in [0.25, 0.3) is 0 Å². The summed E-state index contributed by atoms with van der Waals surface area (Å²) in [5, 5.41) is 9.84. The Bertz CT molecular complexity index is 449. The number of hydrogen-bond acceptors (Lipinski definition) is 5. The first-order chi connectivity index (χ1) is 9.37. The van der Waals surface area contributed by atoms with Crippen LogP contribution in [0.5, 0.6) is 0 Å². The summed E-state index contributed by atoms with van der Waals surface area (Å²) in [6.07, 6.45) is -6.15. The summed E-state index contributed by atoms with van der Waals surface area (Å²) in [6, 6.07) is 0. The van der Waals surface area contributed by atoms with E-state index in [0.29, 0.717) is 0 Å². The van der Waals surface area contributed by atoms with Crippen LogP contribution in [0.15, 0.2) is 0 Å². The molecule has 0 heterocycles. The van der Waals surface area contributed by atoms with Gasteiger partial charge < -0.3 is 9.84 Å². The van der Waals surface area contributed by atoms with Gasteiger partial charge in [-0.25, -0.2) is 4.79 Å². The van der Waals surface area contributed by atoms with Crippen LogP contribution in [-0.2, 0) is 19.1 Å². The molecule has 0 spiro atoms. The highest BCUT2D eigenvalue weighted by molar-refractivity contribution is 6.10. The van der Waals surface area contributed by atoms with E-state index in [0.717, 1.165) is 0 Å². The molecule has 0 saturated heterocycles. The summed E-state index contributed by atoms with van der Waals surface area (Å²) < 4.78 is 43.7. The number of halogens is 3. The van der Waals surface area contributed by atoms with E-state index in [1.165, 1.54) is 6.92 Å². The Morgan fingerprint density at radius 2 is 1.71 bits per heavy atom. The molecule has 0 unspecified atom stereocenters. The first-order valence-corrected chi connectivity index (χ1v) is 6.38. The molecule has 0 aromatic rings. The third-order valence-electron chi connectivity index (χ3n) is 3.39. The maximum absolute atomic E-state index is 13.1. The Morgan fingerprint density at radius 1 is 1.29 bits per heavy atom. The maximum Gasteiger partial charge on any atom is 0.429 e. The lowest BCUT2D eigenvalue weighted by Crippen LogP contribution is -2.64. The van der Waals surface area contributed by atoms with Crippen molar-refractivity contribution in [3.63, 3.8) is 0 Å². The van der Waals surface area contributed by atoms with Crippen molar-refractivity contribution in [2.24, 2.45) is 11.3 Å². The number of carbonyl (C=O) groups excluding carboxylic acids is 3. The van der Waals surface area contributed by atoms with Gasteiger partial charge in [0.25, 0.3) is 5.60 Å². The molecule has 21 heavy (non-hydrogen) atoms. The lowest BCUT2D eigenvalue weighted by molar-refractivity contribution is -0.274. The summed E-state index contributed by atoms with van der Waals surface area (Å²) in [5.41, 5.74) is -4.93. The van der Waals surface area contributed by atoms with Gasteiger partial charge in [-0.15, -0.1) is 0 Å². The monoisotopic (exact) mass is 310 g/mol. The van der Waals surface area contributed by atoms with Gasteiger partial charge in [0.1, 0.15) is 17.5 Å². The summed E-state index contributed by atoms with van der Waals surface area (Å²) >= 11 is 0. The predicted octanol–water partition coefficient (Wildman–Crippen LogP) is 1.42. The van der Waals surface area contributed by atoms with Gasteiger partial charge in [-0.2, -0.15) is 13.2 Å². The van der Waals surface area contributed by atoms with E-state index in [1.807, 2.05) is 0 Å². The molecule has 0 amide bonds. The average molecular weight is 310 g/mol. The Labute approximate surface area is 119 Å². The molecule has 1 fully saturated rings. The number of Topliss-reactive ketones (excluding diaryl/α,β-unsaturated/α-hetero) is 2. The highest BCUT2D eigenvalue weighted by Gasteiger charge is 2.70. The van der Waals surface area contributed by atoms with Crippen molar-refractivity contribution in [3.8, 4) is 0 Å². The minimum absolute atomic E-state index is 0.332. The molecule has 8 heteroatoms. The third kappa shape index (κ3) is 3.09. The average Bonchev–Trinajstić information content (AvgIpc) is 2.24. The Kier molecular flexibility index (Phi) is 4.53. The number of hydrogen-bond donors (Lipinski definition) is 1. The van der Waals surface area contributed by atoms with E-state index < -0.39 is 47.3 Å². The zero-order valence-corrected chi connectivity index (χ0v) is 11.9. The van der Waals surface area contributed by atoms with Crippen molar-refractivity contribution in [2.75, 3.05) is 6.61 Å². The molecule has 0 aromatic heterocycles. The van der Waals surface area contributed by atoms with Gasteiger partial charge in [0.2, 0.25) is 0 Å². The van der Waals surface area contributed by atoms with Crippen LogP contribution in [0.3, 0.4) is 0 Å². The summed E-state index contributed by atoms with van der Waals surface area (Å²) in [5.74, 6) is -6.71. The van der Waals surface area contributed by atoms with Crippen molar-refractivity contribution in [3.05, 3.63) is 0 Å². The lowest BCUT2D eigenvalue weighted by Gasteiger charge is -2.39. The van der Waals surface area contributed by atoms with E-state index in [2.05, 4.69) is 4.74 Å². The SMILES string of the molecule is CCOC(=O)[C@@](O)(C1C(=O)CC(C)(C)CC1=O)C(F)(F)F. The molecule has 0 aromatic carbocycles. The largest absolute Gasteiger partial charge is 0.464 e. The molecule has 1 N–H and O–H groups in total. The fraction of sp³-hybridized carbons (Fsp3) is 0.769. The smallest absolute Gasteiger partial charge is 0.429 e. The minimum atomic E-state index is -5.49. The van der Waals surface area contributed by atoms with E-state index >= 15 is 0 Å². The maximum atomic E-state index is 13.1. The number of ketones is 2. The molecule has 0 aliphatic heterocycles. The Balaban J connectivity index is 3.31. The van der Waals surface area contributed by atoms with Crippen molar-refractivity contribution in [1.82, 2.24) is 0 Å². The topological polar surface area (TPSA) is 80.7 Å². The van der Waals surface area contributed by atoms with Gasteiger partial charge in [-0.1, -0.05) is 13.8 Å². The number of aliphatic hydroxyl groups is 1. The first kappa shape index (κ1) is 17.6. The zero-order valence-electron chi connectivity index (χ0n) is 11.9. The molecule has 1 saturated carbocycles. The molecule has 1 aliphatic rings. The van der Waals surface area contributed by atoms with Crippen LogP contribution in [0.2, 0.25) is 0 Å². The van der Waals surface area contributed by atoms with E-state index in [-0.39, 0.29) is 12.8 Å². The molecule has 120 valence electrons. The van der Waals surface area contributed by atoms with Crippen LogP contribution in [-0.4, -0.2) is 41.0 Å². The lowest BCUT2D eigenvalue weighted by atomic mass is 9.66. The summed E-state index contributed by atoms with van der Waals surface area (Å²) in [6.45, 7) is 3.94. The van der Waals surface area contributed by atoms with Gasteiger partial charge in [0.05, 0.1) is 6.61 Å². The number of ether oxygens (including phenoxy) is 1. The van der Waals surface area contributed by atoms with Crippen molar-refractivity contribution < 1.29 is 37.4 Å². The fourth-order valence-corrected chi connectivity index (χ4v) is 2.49. The minimum Gasteiger partial charge on any atom is -0.464 e. The van der Waals surface area contributed by atoms with Gasteiger partial charge in [-0.05, 0) is 12.3 Å². The normalized spacial score (nSPS) is 22.8. The molecule has 0 bridgehead atoms. The standard InChI is InChI=1S/C13H17F3O5/c1-4-21-10(19)12(20,13(14,15)16)9-7(17)5-11(2,3)6-8(9)18/h9,20H,4-6H2,1-3H3/t12-/m0/s1. The number of esters is 1. The molecule has 0 radical (unpaired) electrons. The highest BCUT2D eigenvalue weighted by Crippen LogP contribution is 2.44. The quantitative estimate of drug-likeness (QED) is 0.630. The second kappa shape index (κ2) is 5.40. The first-order valence-electron chi connectivity index (χ1n) is 6.38. The fourth-order valence-electron chi connectivity index (χ4n) is 2.49. The molecule has 1 aliphatic carbocycles. The van der Waals surface area contributed by atoms with Crippen LogP contribution < -0.4 is 0 Å². The molecular weight excluding hydrogens is 293 g/mol. The molecule has 1 atom stereocenters. The third-order valence-corrected chi connectivity index (χ3v) is 3.39. The summed E-state index contributed by atoms with van der Waals surface area (Å²) in [7, 11) is 0. The summed E-state index contributed by atoms with van der Waals surface area (Å²) in [4.78, 5) is 35.4. The zero-order chi connectivity index (χ0) is 16.6. The number of alkyl halides is 3. The van der Waals surface area contributed by atoms with E-state index in [9.17, 15) is 32.7 Å². The van der Waals surface area contributed by atoms with Crippen molar-refractivity contribution in [1.29, 1.82) is 0 Å². The van der Waals surface area contributed by atoms with E-state index in [4.69, 9.17) is 0 Å². The van der Waals surface area contributed by atoms with Crippen LogP contribution in [0.1, 0.15) is 33.6 Å².